The zero-order valence-corrected chi connectivity index (χ0v) is 40.1. The van der Waals surface area contributed by atoms with Gasteiger partial charge in [0.1, 0.15) is 16.1 Å². The molecule has 68 heavy (non-hydrogen) atoms. The first-order valence-corrected chi connectivity index (χ1v) is 26.2. The van der Waals surface area contributed by atoms with Crippen LogP contribution >= 0.6 is 22.7 Å². The van der Waals surface area contributed by atoms with Crippen molar-refractivity contribution in [1.82, 2.24) is 34.9 Å². The largest absolute Gasteiger partial charge is 0.343 e. The Bertz CT molecular complexity index is 2490. The summed E-state index contributed by atoms with van der Waals surface area (Å²) >= 11 is 3.27. The van der Waals surface area contributed by atoms with Gasteiger partial charge in [-0.15, -0.1) is 22.7 Å². The first kappa shape index (κ1) is 45.6. The van der Waals surface area contributed by atoms with Gasteiger partial charge in [0.15, 0.2) is 0 Å². The highest BCUT2D eigenvalue weighted by atomic mass is 32.1. The fourth-order valence-corrected chi connectivity index (χ4v) is 12.6. The summed E-state index contributed by atoms with van der Waals surface area (Å²) in [5, 5.41) is 4.95. The Morgan fingerprint density at radius 2 is 0.971 bits per heavy atom. The lowest BCUT2D eigenvalue weighted by molar-refractivity contribution is -0.139. The molecule has 11 nitrogen and oxygen atoms in total. The van der Waals surface area contributed by atoms with E-state index < -0.39 is 12.0 Å². The summed E-state index contributed by atoms with van der Waals surface area (Å²) in [5.74, 6) is -0.524. The first-order valence-electron chi connectivity index (χ1n) is 24.5. The number of amides is 5. The molecule has 13 heteroatoms. The minimum Gasteiger partial charge on any atom is -0.343 e. The second-order valence-electron chi connectivity index (χ2n) is 18.6. The van der Waals surface area contributed by atoms with E-state index in [1.807, 2.05) is 92.7 Å². The molecule has 6 aromatic rings. The predicted molar refractivity (Wildman–Crippen MR) is 269 cm³/mol. The van der Waals surface area contributed by atoms with Gasteiger partial charge in [0.2, 0.25) is 17.7 Å². The highest BCUT2D eigenvalue weighted by Crippen LogP contribution is 2.42. The number of hydrogen-bond acceptors (Lipinski definition) is 8. The van der Waals surface area contributed by atoms with Crippen molar-refractivity contribution in [2.24, 2.45) is 0 Å². The summed E-state index contributed by atoms with van der Waals surface area (Å²) in [7, 11) is 0. The smallest absolute Gasteiger partial charge is 0.318 e. The number of thiazole rings is 2. The zero-order chi connectivity index (χ0) is 46.4. The maximum Gasteiger partial charge on any atom is 0.318 e. The van der Waals surface area contributed by atoms with Gasteiger partial charge in [-0.3, -0.25) is 14.4 Å². The third-order valence-corrected chi connectivity index (χ3v) is 16.5. The number of carbonyl (C=O) groups excluding carboxylic acids is 4. The molecule has 0 saturated carbocycles. The average molecular weight is 946 g/mol. The number of urea groups is 1. The predicted octanol–water partition coefficient (Wildman–Crippen LogP) is 11.1. The molecular formula is C55H59N7O4S2. The second kappa shape index (κ2) is 21.0. The number of nitrogens with one attached hydrogen (secondary N) is 1. The Morgan fingerprint density at radius 1 is 0.515 bits per heavy atom. The minimum atomic E-state index is -0.765. The lowest BCUT2D eigenvalue weighted by atomic mass is 9.92. The fourth-order valence-electron chi connectivity index (χ4n) is 10.5. The topological polar surface area (TPSA) is 119 Å². The molecule has 10 rings (SSSR count). The lowest BCUT2D eigenvalue weighted by Crippen LogP contribution is -2.48. The van der Waals surface area contributed by atoms with E-state index in [1.54, 1.807) is 22.7 Å². The number of aromatic nitrogens is 2. The molecule has 0 aliphatic carbocycles. The van der Waals surface area contributed by atoms with E-state index in [-0.39, 0.29) is 42.3 Å². The van der Waals surface area contributed by atoms with Gasteiger partial charge in [-0.2, -0.15) is 0 Å². The third-order valence-electron chi connectivity index (χ3n) is 14.2. The van der Waals surface area contributed by atoms with E-state index in [2.05, 4.69) is 53.8 Å². The Hall–Kier alpha value is -6.18. The number of nitrogens with zero attached hydrogens (tertiary/aromatic N) is 6. The Morgan fingerprint density at radius 3 is 1.49 bits per heavy atom. The van der Waals surface area contributed by atoms with Gasteiger partial charge >= 0.3 is 6.03 Å². The molecule has 6 heterocycles. The summed E-state index contributed by atoms with van der Waals surface area (Å²) in [4.78, 5) is 75.2. The van der Waals surface area contributed by atoms with Crippen molar-refractivity contribution in [3.8, 4) is 32.0 Å². The molecular weight excluding hydrogens is 887 g/mol. The molecule has 4 aliphatic rings. The number of rotatable bonds is 12. The van der Waals surface area contributed by atoms with Crippen LogP contribution in [0.2, 0.25) is 0 Å². The standard InChI is InChI=1S/C55H59N7O4S2/c63-49(59-29-9-3-10-30-59)35-44(40-15-5-1-6-16-40)53(64)61-33-13-19-45(61)51-56-36-47(67-51)41-25-21-38(22-26-41)39-23-27-42(28-24-39)48-37-57-52(68-48)46-20-14-34-62(46)54(65)50(43-17-7-2-8-18-43)58-55(66)60-31-11-4-12-32-60/h1-2,5-8,15-18,21-28,36-37,44-46,50H,3-4,9-14,19-20,29-35H2,(H,58,66)/t44-,45+,46+,50-/m1/s1. The van der Waals surface area contributed by atoms with Crippen LogP contribution in [0.3, 0.4) is 0 Å². The zero-order valence-electron chi connectivity index (χ0n) is 38.5. The number of carbonyl (C=O) groups is 4. The molecule has 5 amide bonds. The van der Waals surface area contributed by atoms with Crippen molar-refractivity contribution in [3.63, 3.8) is 0 Å². The van der Waals surface area contributed by atoms with Crippen LogP contribution in [0.5, 0.6) is 0 Å². The van der Waals surface area contributed by atoms with Gasteiger partial charge in [0.25, 0.3) is 0 Å². The van der Waals surface area contributed by atoms with Crippen molar-refractivity contribution in [3.05, 3.63) is 143 Å². The maximum atomic E-state index is 14.4. The van der Waals surface area contributed by atoms with E-state index >= 15 is 0 Å². The summed E-state index contributed by atoms with van der Waals surface area (Å²) in [5.41, 5.74) is 6.04. The van der Waals surface area contributed by atoms with Crippen LogP contribution < -0.4 is 5.32 Å². The minimum absolute atomic E-state index is 0.0164. The van der Waals surface area contributed by atoms with E-state index in [9.17, 15) is 19.2 Å². The fraction of sp³-hybridized carbons (Fsp3) is 0.382. The molecule has 0 unspecified atom stereocenters. The van der Waals surface area contributed by atoms with Gasteiger partial charge in [-0.25, -0.2) is 14.8 Å². The molecule has 4 aromatic carbocycles. The molecule has 4 fully saturated rings. The van der Waals surface area contributed by atoms with E-state index in [4.69, 9.17) is 9.97 Å². The number of likely N-dealkylation sites (tertiary alicyclic amines) is 4. The normalized spacial score (nSPS) is 19.5. The quantitative estimate of drug-likeness (QED) is 0.131. The van der Waals surface area contributed by atoms with Crippen LogP contribution in [-0.2, 0) is 14.4 Å². The van der Waals surface area contributed by atoms with Crippen LogP contribution in [0.4, 0.5) is 4.79 Å². The van der Waals surface area contributed by atoms with E-state index in [0.717, 1.165) is 130 Å². The average Bonchev–Trinajstić information content (AvgIpc) is 4.26. The molecule has 2 aromatic heterocycles. The van der Waals surface area contributed by atoms with Gasteiger partial charge in [0.05, 0.1) is 27.8 Å². The molecule has 0 bridgehead atoms. The molecule has 4 saturated heterocycles. The first-order chi connectivity index (χ1) is 33.4. The molecule has 0 spiro atoms. The van der Waals surface area contributed by atoms with Crippen molar-refractivity contribution >= 4 is 46.4 Å². The second-order valence-corrected chi connectivity index (χ2v) is 20.7. The van der Waals surface area contributed by atoms with Crippen molar-refractivity contribution < 1.29 is 19.2 Å². The van der Waals surface area contributed by atoms with Gasteiger partial charge in [-0.1, -0.05) is 109 Å². The van der Waals surface area contributed by atoms with Crippen LogP contribution in [-0.4, -0.2) is 92.6 Å². The molecule has 4 atom stereocenters. The SMILES string of the molecule is O=C(C[C@@H](C(=O)N1CCC[C@H]1c1ncc(-c2ccc(-c3ccc(-c4cnc([C@@H]5CCCN5C(=O)[C@H](NC(=O)N5CCCCC5)c5ccccc5)s4)cc3)cc2)s1)c1ccccc1)N1CCCCC1. The Kier molecular flexibility index (Phi) is 14.1. The van der Waals surface area contributed by atoms with E-state index in [1.165, 1.54) is 0 Å². The summed E-state index contributed by atoms with van der Waals surface area (Å²) in [6.07, 6.45) is 13.8. The van der Waals surface area contributed by atoms with Crippen LogP contribution in [0.1, 0.15) is 116 Å². The molecule has 4 aliphatic heterocycles. The summed E-state index contributed by atoms with van der Waals surface area (Å²) < 4.78 is 0. The maximum absolute atomic E-state index is 14.4. The summed E-state index contributed by atoms with van der Waals surface area (Å²) in [6, 6.07) is 35.3. The van der Waals surface area contributed by atoms with Gasteiger partial charge < -0.3 is 24.9 Å². The molecule has 0 radical (unpaired) electrons. The molecule has 1 N–H and O–H groups in total. The number of benzene rings is 4. The van der Waals surface area contributed by atoms with Crippen LogP contribution in [0.25, 0.3) is 32.0 Å². The van der Waals surface area contributed by atoms with Gasteiger partial charge in [-0.05, 0) is 97.6 Å². The van der Waals surface area contributed by atoms with Crippen molar-refractivity contribution in [1.29, 1.82) is 0 Å². The monoisotopic (exact) mass is 945 g/mol. The van der Waals surface area contributed by atoms with Crippen LogP contribution in [0, 0.1) is 0 Å². The number of hydrogen-bond donors (Lipinski definition) is 1. The van der Waals surface area contributed by atoms with E-state index in [0.29, 0.717) is 26.2 Å². The van der Waals surface area contributed by atoms with Crippen molar-refractivity contribution in [2.75, 3.05) is 39.3 Å². The third kappa shape index (κ3) is 10.0. The Balaban J connectivity index is 0.790. The van der Waals surface area contributed by atoms with Crippen molar-refractivity contribution in [2.45, 2.75) is 94.7 Å². The Labute approximate surface area is 407 Å². The highest BCUT2D eigenvalue weighted by Gasteiger charge is 2.39. The lowest BCUT2D eigenvalue weighted by Gasteiger charge is -2.32. The molecule has 350 valence electrons. The highest BCUT2D eigenvalue weighted by molar-refractivity contribution is 7.15. The summed E-state index contributed by atoms with van der Waals surface area (Å²) in [6.45, 7) is 4.26. The van der Waals surface area contributed by atoms with Gasteiger partial charge in [0, 0.05) is 58.1 Å². The van der Waals surface area contributed by atoms with Crippen LogP contribution in [0.15, 0.2) is 122 Å². The number of piperidine rings is 2.